The molecule has 0 saturated carbocycles. The fourth-order valence-electron chi connectivity index (χ4n) is 1.07. The highest BCUT2D eigenvalue weighted by atomic mass is 35.5. The van der Waals surface area contributed by atoms with Gasteiger partial charge < -0.3 is 0 Å². The lowest BCUT2D eigenvalue weighted by molar-refractivity contribution is 0.719. The minimum atomic E-state index is 0.452. The van der Waals surface area contributed by atoms with Gasteiger partial charge in [0.25, 0.3) is 0 Å². The Balaban J connectivity index is 2.71. The fourth-order valence-corrected chi connectivity index (χ4v) is 1.28. The summed E-state index contributed by atoms with van der Waals surface area (Å²) in [6, 6.07) is 7.93. The van der Waals surface area contributed by atoms with Crippen molar-refractivity contribution in [3.63, 3.8) is 0 Å². The maximum absolute atomic E-state index is 5.81. The van der Waals surface area contributed by atoms with Gasteiger partial charge in [0.2, 0.25) is 0 Å². The monoisotopic (exact) mass is 167 g/mol. The molecule has 0 amide bonds. The van der Waals surface area contributed by atoms with Crippen LogP contribution in [0, 0.1) is 12.8 Å². The highest BCUT2D eigenvalue weighted by Gasteiger charge is 1.97. The lowest BCUT2D eigenvalue weighted by Gasteiger charge is -2.03. The molecule has 0 spiro atoms. The molecule has 0 aromatic heterocycles. The standard InChI is InChI=1S/C10H12Cl/c1-8(2)6-9-4-3-5-10(11)7-9/h3-5,7-8H,1,6H2,2H3. The van der Waals surface area contributed by atoms with Crippen LogP contribution >= 0.6 is 11.6 Å². The van der Waals surface area contributed by atoms with Crippen molar-refractivity contribution < 1.29 is 0 Å². The zero-order valence-corrected chi connectivity index (χ0v) is 7.43. The van der Waals surface area contributed by atoms with Crippen LogP contribution in [-0.2, 0) is 6.42 Å². The van der Waals surface area contributed by atoms with Gasteiger partial charge in [-0.05, 0) is 30.0 Å². The summed E-state index contributed by atoms with van der Waals surface area (Å²) in [6.45, 7) is 6.02. The molecule has 0 aliphatic carbocycles. The fraction of sp³-hybridized carbons (Fsp3) is 0.300. The first-order valence-electron chi connectivity index (χ1n) is 3.76. The van der Waals surface area contributed by atoms with E-state index in [0.717, 1.165) is 11.4 Å². The van der Waals surface area contributed by atoms with Crippen LogP contribution in [0.25, 0.3) is 0 Å². The summed E-state index contributed by atoms with van der Waals surface area (Å²) in [5.74, 6) is 0.452. The molecule has 1 aromatic carbocycles. The molecule has 0 bridgehead atoms. The van der Waals surface area contributed by atoms with Crippen LogP contribution in [0.5, 0.6) is 0 Å². The summed E-state index contributed by atoms with van der Waals surface area (Å²) in [6.07, 6.45) is 1.00. The van der Waals surface area contributed by atoms with Gasteiger partial charge in [-0.1, -0.05) is 37.6 Å². The Morgan fingerprint density at radius 2 is 2.27 bits per heavy atom. The van der Waals surface area contributed by atoms with Crippen molar-refractivity contribution >= 4 is 11.6 Å². The molecule has 11 heavy (non-hydrogen) atoms. The molecule has 59 valence electrons. The number of halogens is 1. The molecule has 0 N–H and O–H groups in total. The van der Waals surface area contributed by atoms with Crippen LogP contribution in [0.2, 0.25) is 5.02 Å². The smallest absolute Gasteiger partial charge is 0.0408 e. The van der Waals surface area contributed by atoms with Gasteiger partial charge in [0.05, 0.1) is 0 Å². The summed E-state index contributed by atoms with van der Waals surface area (Å²) in [5.41, 5.74) is 1.26. The predicted molar refractivity (Wildman–Crippen MR) is 49.7 cm³/mol. The van der Waals surface area contributed by atoms with E-state index in [4.69, 9.17) is 11.6 Å². The molecular formula is C10H12Cl. The van der Waals surface area contributed by atoms with Crippen molar-refractivity contribution in [3.8, 4) is 0 Å². The van der Waals surface area contributed by atoms with Gasteiger partial charge in [0, 0.05) is 5.02 Å². The number of hydrogen-bond acceptors (Lipinski definition) is 0. The van der Waals surface area contributed by atoms with E-state index in [-0.39, 0.29) is 0 Å². The minimum absolute atomic E-state index is 0.452. The second kappa shape index (κ2) is 3.77. The quantitative estimate of drug-likeness (QED) is 0.634. The van der Waals surface area contributed by atoms with Crippen molar-refractivity contribution in [2.45, 2.75) is 13.3 Å². The highest BCUT2D eigenvalue weighted by molar-refractivity contribution is 6.30. The molecule has 0 nitrogen and oxygen atoms in total. The third kappa shape index (κ3) is 2.94. The lowest BCUT2D eigenvalue weighted by atomic mass is 10.0. The molecule has 1 heteroatoms. The Morgan fingerprint density at radius 3 is 2.82 bits per heavy atom. The summed E-state index contributed by atoms with van der Waals surface area (Å²) in [5, 5.41) is 0.808. The lowest BCUT2D eigenvalue weighted by Crippen LogP contribution is -1.93. The second-order valence-electron chi connectivity index (χ2n) is 2.94. The van der Waals surface area contributed by atoms with Crippen LogP contribution in [0.1, 0.15) is 12.5 Å². The third-order valence-electron chi connectivity index (χ3n) is 1.47. The molecule has 1 rings (SSSR count). The summed E-state index contributed by atoms with van der Waals surface area (Å²) < 4.78 is 0. The normalized spacial score (nSPS) is 10.5. The predicted octanol–water partition coefficient (Wildman–Crippen LogP) is 3.35. The largest absolute Gasteiger partial charge is 0.0843 e. The van der Waals surface area contributed by atoms with Crippen molar-refractivity contribution in [1.82, 2.24) is 0 Å². The molecule has 0 aliphatic rings. The maximum atomic E-state index is 5.81. The van der Waals surface area contributed by atoms with Gasteiger partial charge in [0.1, 0.15) is 0 Å². The number of benzene rings is 1. The van der Waals surface area contributed by atoms with E-state index in [0.29, 0.717) is 5.92 Å². The molecule has 0 fully saturated rings. The van der Waals surface area contributed by atoms with E-state index in [2.05, 4.69) is 19.9 Å². The van der Waals surface area contributed by atoms with Crippen LogP contribution in [0.3, 0.4) is 0 Å². The van der Waals surface area contributed by atoms with E-state index in [1.807, 2.05) is 18.2 Å². The van der Waals surface area contributed by atoms with Gasteiger partial charge in [-0.3, -0.25) is 0 Å². The number of hydrogen-bond donors (Lipinski definition) is 0. The van der Waals surface area contributed by atoms with Crippen LogP contribution in [0.4, 0.5) is 0 Å². The molecule has 1 unspecified atom stereocenters. The first kappa shape index (κ1) is 8.61. The molecule has 0 heterocycles. The summed E-state index contributed by atoms with van der Waals surface area (Å²) in [4.78, 5) is 0. The molecule has 0 aliphatic heterocycles. The summed E-state index contributed by atoms with van der Waals surface area (Å²) in [7, 11) is 0. The molecular weight excluding hydrogens is 156 g/mol. The first-order chi connectivity index (χ1) is 5.18. The molecule has 1 radical (unpaired) electrons. The SMILES string of the molecule is [CH2]C(C)Cc1cccc(Cl)c1. The van der Waals surface area contributed by atoms with Crippen LogP contribution < -0.4 is 0 Å². The zero-order chi connectivity index (χ0) is 8.27. The minimum Gasteiger partial charge on any atom is -0.0843 e. The van der Waals surface area contributed by atoms with Gasteiger partial charge >= 0.3 is 0 Å². The Kier molecular flexibility index (Phi) is 2.95. The number of rotatable bonds is 2. The molecule has 0 saturated heterocycles. The van der Waals surface area contributed by atoms with Crippen molar-refractivity contribution in [2.24, 2.45) is 5.92 Å². The van der Waals surface area contributed by atoms with E-state index in [1.54, 1.807) is 0 Å². The third-order valence-corrected chi connectivity index (χ3v) is 1.71. The van der Waals surface area contributed by atoms with E-state index in [1.165, 1.54) is 5.56 Å². The van der Waals surface area contributed by atoms with Gasteiger partial charge in [-0.25, -0.2) is 0 Å². The van der Waals surface area contributed by atoms with Crippen molar-refractivity contribution in [3.05, 3.63) is 41.8 Å². The van der Waals surface area contributed by atoms with E-state index in [9.17, 15) is 0 Å². The van der Waals surface area contributed by atoms with Crippen LogP contribution in [0.15, 0.2) is 24.3 Å². The Labute approximate surface area is 73.2 Å². The maximum Gasteiger partial charge on any atom is 0.0408 e. The highest BCUT2D eigenvalue weighted by Crippen LogP contribution is 2.13. The Hall–Kier alpha value is -0.490. The first-order valence-corrected chi connectivity index (χ1v) is 4.14. The van der Waals surface area contributed by atoms with Crippen molar-refractivity contribution in [2.75, 3.05) is 0 Å². The average Bonchev–Trinajstić information content (AvgIpc) is 1.85. The summed E-state index contributed by atoms with van der Waals surface area (Å²) >= 11 is 5.81. The van der Waals surface area contributed by atoms with Gasteiger partial charge in [-0.2, -0.15) is 0 Å². The Morgan fingerprint density at radius 1 is 1.55 bits per heavy atom. The Bertz CT molecular complexity index is 228. The topological polar surface area (TPSA) is 0 Å². The zero-order valence-electron chi connectivity index (χ0n) is 6.68. The van der Waals surface area contributed by atoms with Gasteiger partial charge in [-0.15, -0.1) is 0 Å². The van der Waals surface area contributed by atoms with Crippen molar-refractivity contribution in [1.29, 1.82) is 0 Å². The average molecular weight is 168 g/mol. The van der Waals surface area contributed by atoms with E-state index < -0.39 is 0 Å². The molecule has 1 atom stereocenters. The van der Waals surface area contributed by atoms with Gasteiger partial charge in [0.15, 0.2) is 0 Å². The van der Waals surface area contributed by atoms with Crippen LogP contribution in [-0.4, -0.2) is 0 Å². The molecule has 1 aromatic rings. The second-order valence-corrected chi connectivity index (χ2v) is 3.38. The van der Waals surface area contributed by atoms with E-state index >= 15 is 0 Å².